The lowest BCUT2D eigenvalue weighted by Crippen LogP contribution is -2.26. The van der Waals surface area contributed by atoms with E-state index in [1.54, 1.807) is 12.1 Å². The Morgan fingerprint density at radius 1 is 1.38 bits per heavy atom. The van der Waals surface area contributed by atoms with Gasteiger partial charge in [0.05, 0.1) is 6.26 Å². The number of anilines is 1. The van der Waals surface area contributed by atoms with Gasteiger partial charge in [-0.3, -0.25) is 9.89 Å². The summed E-state index contributed by atoms with van der Waals surface area (Å²) in [6.45, 7) is 0.0655. The van der Waals surface area contributed by atoms with E-state index in [1.807, 2.05) is 12.1 Å². The van der Waals surface area contributed by atoms with Gasteiger partial charge in [-0.15, -0.1) is 0 Å². The molecule has 1 amide bonds. The second-order valence-corrected chi connectivity index (χ2v) is 7.70. The highest BCUT2D eigenvalue weighted by molar-refractivity contribution is 7.88. The highest BCUT2D eigenvalue weighted by Gasteiger charge is 2.27. The number of hydrogen-bond donors (Lipinski definition) is 3. The first-order valence-corrected chi connectivity index (χ1v) is 9.57. The predicted octanol–water partition coefficient (Wildman–Crippen LogP) is 1.23. The molecule has 8 nitrogen and oxygen atoms in total. The molecule has 1 aromatic heterocycles. The molecule has 0 radical (unpaired) electrons. The van der Waals surface area contributed by atoms with Crippen molar-refractivity contribution in [3.05, 3.63) is 30.1 Å². The van der Waals surface area contributed by atoms with Crippen LogP contribution in [0.1, 0.15) is 31.0 Å². The summed E-state index contributed by atoms with van der Waals surface area (Å²) in [5.74, 6) is 1.74. The number of hydrogen-bond acceptors (Lipinski definition) is 5. The smallest absolute Gasteiger partial charge is 0.225 e. The minimum absolute atomic E-state index is 0.0593. The van der Waals surface area contributed by atoms with Crippen LogP contribution in [0.3, 0.4) is 0 Å². The van der Waals surface area contributed by atoms with E-state index >= 15 is 0 Å². The van der Waals surface area contributed by atoms with E-state index in [-0.39, 0.29) is 18.9 Å². The number of nitrogens with one attached hydrogen (secondary N) is 3. The van der Waals surface area contributed by atoms with Gasteiger partial charge in [-0.2, -0.15) is 5.10 Å². The first kappa shape index (κ1) is 16.6. The maximum Gasteiger partial charge on any atom is 0.225 e. The van der Waals surface area contributed by atoms with Gasteiger partial charge < -0.3 is 5.32 Å². The number of amides is 1. The van der Waals surface area contributed by atoms with Gasteiger partial charge in [-0.1, -0.05) is 12.1 Å². The van der Waals surface area contributed by atoms with Crippen LogP contribution in [0.2, 0.25) is 0 Å². The zero-order chi connectivity index (χ0) is 17.2. The Labute approximate surface area is 140 Å². The third kappa shape index (κ3) is 4.62. The van der Waals surface area contributed by atoms with E-state index in [2.05, 4.69) is 25.2 Å². The van der Waals surface area contributed by atoms with Crippen LogP contribution in [-0.4, -0.2) is 42.3 Å². The van der Waals surface area contributed by atoms with Crippen molar-refractivity contribution < 1.29 is 13.2 Å². The number of nitrogens with zero attached hydrogens (tertiary/aromatic N) is 2. The highest BCUT2D eigenvalue weighted by atomic mass is 32.2. The van der Waals surface area contributed by atoms with Crippen LogP contribution in [0, 0.1) is 0 Å². The number of sulfonamides is 1. The zero-order valence-electron chi connectivity index (χ0n) is 13.2. The molecule has 3 rings (SSSR count). The van der Waals surface area contributed by atoms with Gasteiger partial charge in [-0.25, -0.2) is 18.1 Å². The standard InChI is InChI=1S/C15H19N5O3S/c1-24(22,23)16-8-7-13(21)17-12-4-2-3-11(9-12)15-18-14(19-20-15)10-5-6-10/h2-4,9-10,16H,5-8H2,1H3,(H,17,21)(H,18,19,20). The molecule has 0 bridgehead atoms. The van der Waals surface area contributed by atoms with E-state index < -0.39 is 10.0 Å². The van der Waals surface area contributed by atoms with Gasteiger partial charge in [0.25, 0.3) is 0 Å². The molecule has 1 aliphatic carbocycles. The van der Waals surface area contributed by atoms with Crippen molar-refractivity contribution in [2.75, 3.05) is 18.1 Å². The van der Waals surface area contributed by atoms with Crippen LogP contribution >= 0.6 is 0 Å². The van der Waals surface area contributed by atoms with Gasteiger partial charge in [0.2, 0.25) is 15.9 Å². The topological polar surface area (TPSA) is 117 Å². The predicted molar refractivity (Wildman–Crippen MR) is 89.9 cm³/mol. The molecular formula is C15H19N5O3S. The lowest BCUT2D eigenvalue weighted by molar-refractivity contribution is -0.116. The molecule has 128 valence electrons. The summed E-state index contributed by atoms with van der Waals surface area (Å²) in [6.07, 6.45) is 3.41. The average molecular weight is 349 g/mol. The fourth-order valence-electron chi connectivity index (χ4n) is 2.25. The minimum Gasteiger partial charge on any atom is -0.326 e. The van der Waals surface area contributed by atoms with Crippen LogP contribution < -0.4 is 10.0 Å². The van der Waals surface area contributed by atoms with Crippen LogP contribution in [0.15, 0.2) is 24.3 Å². The SMILES string of the molecule is CS(=O)(=O)NCCC(=O)Nc1cccc(-c2n[nH]c(C3CC3)n2)c1. The quantitative estimate of drug-likeness (QED) is 0.695. The lowest BCUT2D eigenvalue weighted by atomic mass is 10.2. The average Bonchev–Trinajstić information content (AvgIpc) is 3.23. The lowest BCUT2D eigenvalue weighted by Gasteiger charge is -2.06. The van der Waals surface area contributed by atoms with Crippen molar-refractivity contribution in [3.8, 4) is 11.4 Å². The Morgan fingerprint density at radius 2 is 2.17 bits per heavy atom. The first-order valence-electron chi connectivity index (χ1n) is 7.68. The number of benzene rings is 1. The Morgan fingerprint density at radius 3 is 2.88 bits per heavy atom. The number of aromatic nitrogens is 3. The van der Waals surface area contributed by atoms with Crippen LogP contribution in [0.25, 0.3) is 11.4 Å². The summed E-state index contributed by atoms with van der Waals surface area (Å²) < 4.78 is 24.2. The molecule has 1 aliphatic rings. The summed E-state index contributed by atoms with van der Waals surface area (Å²) in [5.41, 5.74) is 1.43. The fourth-order valence-corrected chi connectivity index (χ4v) is 2.73. The first-order chi connectivity index (χ1) is 11.4. The van der Waals surface area contributed by atoms with Gasteiger partial charge in [-0.05, 0) is 25.0 Å². The van der Waals surface area contributed by atoms with Crippen molar-refractivity contribution in [2.24, 2.45) is 0 Å². The summed E-state index contributed by atoms with van der Waals surface area (Å²) in [5, 5.41) is 9.91. The summed E-state index contributed by atoms with van der Waals surface area (Å²) in [7, 11) is -3.29. The molecular weight excluding hydrogens is 330 g/mol. The molecule has 24 heavy (non-hydrogen) atoms. The molecule has 0 spiro atoms. The largest absolute Gasteiger partial charge is 0.326 e. The maximum absolute atomic E-state index is 11.9. The molecule has 1 fully saturated rings. The summed E-state index contributed by atoms with van der Waals surface area (Å²) in [6, 6.07) is 7.25. The number of H-pyrrole nitrogens is 1. The van der Waals surface area contributed by atoms with E-state index in [0.29, 0.717) is 17.4 Å². The van der Waals surface area contributed by atoms with E-state index in [4.69, 9.17) is 0 Å². The Hall–Kier alpha value is -2.26. The van der Waals surface area contributed by atoms with Crippen molar-refractivity contribution in [3.63, 3.8) is 0 Å². The molecule has 0 saturated heterocycles. The fraction of sp³-hybridized carbons (Fsp3) is 0.400. The van der Waals surface area contributed by atoms with E-state index in [1.165, 1.54) is 0 Å². The Kier molecular flexibility index (Phi) is 4.63. The summed E-state index contributed by atoms with van der Waals surface area (Å²) in [4.78, 5) is 16.3. The third-order valence-electron chi connectivity index (χ3n) is 3.59. The molecule has 1 saturated carbocycles. The number of carbonyl (C=O) groups is 1. The molecule has 2 aromatic rings. The van der Waals surface area contributed by atoms with E-state index in [9.17, 15) is 13.2 Å². The second kappa shape index (κ2) is 6.70. The van der Waals surface area contributed by atoms with Crippen molar-refractivity contribution in [1.82, 2.24) is 19.9 Å². The Bertz CT molecular complexity index is 842. The Balaban J connectivity index is 1.61. The third-order valence-corrected chi connectivity index (χ3v) is 4.32. The number of carbonyl (C=O) groups excluding carboxylic acids is 1. The van der Waals surface area contributed by atoms with Gasteiger partial charge >= 0.3 is 0 Å². The second-order valence-electron chi connectivity index (χ2n) is 5.86. The number of aromatic amines is 1. The normalized spacial score (nSPS) is 14.5. The van der Waals surface area contributed by atoms with Crippen molar-refractivity contribution in [1.29, 1.82) is 0 Å². The molecule has 3 N–H and O–H groups in total. The molecule has 1 aromatic carbocycles. The van der Waals surface area contributed by atoms with Gasteiger partial charge in [0, 0.05) is 30.1 Å². The van der Waals surface area contributed by atoms with Crippen LogP contribution in [0.4, 0.5) is 5.69 Å². The minimum atomic E-state index is -3.29. The summed E-state index contributed by atoms with van der Waals surface area (Å²) >= 11 is 0. The van der Waals surface area contributed by atoms with Gasteiger partial charge in [0.15, 0.2) is 5.82 Å². The van der Waals surface area contributed by atoms with Crippen LogP contribution in [0.5, 0.6) is 0 Å². The molecule has 0 aliphatic heterocycles. The van der Waals surface area contributed by atoms with Crippen molar-refractivity contribution >= 4 is 21.6 Å². The monoisotopic (exact) mass is 349 g/mol. The van der Waals surface area contributed by atoms with Gasteiger partial charge in [0.1, 0.15) is 5.82 Å². The molecule has 1 heterocycles. The molecule has 0 unspecified atom stereocenters. The molecule has 9 heteroatoms. The number of rotatable bonds is 7. The zero-order valence-corrected chi connectivity index (χ0v) is 14.1. The van der Waals surface area contributed by atoms with E-state index in [0.717, 1.165) is 30.5 Å². The van der Waals surface area contributed by atoms with Crippen molar-refractivity contribution in [2.45, 2.75) is 25.2 Å². The molecule has 0 atom stereocenters. The highest BCUT2D eigenvalue weighted by Crippen LogP contribution is 2.38. The maximum atomic E-state index is 11.9. The van der Waals surface area contributed by atoms with Crippen LogP contribution in [-0.2, 0) is 14.8 Å².